The van der Waals surface area contributed by atoms with Gasteiger partial charge >= 0.3 is 0 Å². The first-order chi connectivity index (χ1) is 14.9. The molecule has 1 aliphatic heterocycles. The van der Waals surface area contributed by atoms with Gasteiger partial charge in [0.2, 0.25) is 5.95 Å². The van der Waals surface area contributed by atoms with Gasteiger partial charge in [-0.2, -0.15) is 4.98 Å². The Balaban J connectivity index is 1.53. The van der Waals surface area contributed by atoms with Gasteiger partial charge in [0.1, 0.15) is 24.1 Å². The van der Waals surface area contributed by atoms with Gasteiger partial charge in [0, 0.05) is 4.47 Å². The molecule has 3 aromatic rings. The molecular formula is C18H18BrN5O7. The predicted molar refractivity (Wildman–Crippen MR) is 109 cm³/mol. The molecular weight excluding hydrogens is 478 g/mol. The summed E-state index contributed by atoms with van der Waals surface area (Å²) >= 11 is 3.30. The minimum Gasteiger partial charge on any atom is -0.484 e. The topological polar surface area (TPSA) is 172 Å². The Hall–Kier alpha value is -2.84. The quantitative estimate of drug-likeness (QED) is 0.302. The molecule has 5 N–H and O–H groups in total. The lowest BCUT2D eigenvalue weighted by atomic mass is 10.1. The molecule has 0 unspecified atom stereocenters. The van der Waals surface area contributed by atoms with Crippen LogP contribution in [0.5, 0.6) is 5.75 Å². The van der Waals surface area contributed by atoms with Crippen LogP contribution in [0.1, 0.15) is 6.23 Å². The van der Waals surface area contributed by atoms with Crippen molar-refractivity contribution in [2.75, 3.05) is 18.5 Å². The maximum atomic E-state index is 12.3. The molecule has 0 aliphatic carbocycles. The second-order valence-corrected chi connectivity index (χ2v) is 7.67. The number of aromatic amines is 1. The van der Waals surface area contributed by atoms with E-state index in [1.54, 1.807) is 24.3 Å². The van der Waals surface area contributed by atoms with Gasteiger partial charge < -0.3 is 24.8 Å². The third-order valence-corrected chi connectivity index (χ3v) is 5.19. The first-order valence-electron chi connectivity index (χ1n) is 9.15. The lowest BCUT2D eigenvalue weighted by molar-refractivity contribution is -0.118. The smallest absolute Gasteiger partial charge is 0.280 e. The van der Waals surface area contributed by atoms with Crippen LogP contribution in [0.3, 0.4) is 0 Å². The number of hydrogen-bond donors (Lipinski definition) is 5. The zero-order valence-corrected chi connectivity index (χ0v) is 17.4. The number of fused-ring (bicyclic) bond motifs is 1. The number of aliphatic hydroxyl groups is 3. The Kier molecular flexibility index (Phi) is 6.02. The van der Waals surface area contributed by atoms with Crippen LogP contribution in [0, 0.1) is 0 Å². The fraction of sp³-hybridized carbons (Fsp3) is 0.333. The van der Waals surface area contributed by atoms with E-state index in [0.717, 1.165) is 4.47 Å². The lowest BCUT2D eigenvalue weighted by Crippen LogP contribution is -2.33. The Bertz CT molecular complexity index is 1150. The van der Waals surface area contributed by atoms with Gasteiger partial charge in [-0.25, -0.2) is 4.98 Å². The summed E-state index contributed by atoms with van der Waals surface area (Å²) in [5.74, 6) is -0.238. The molecule has 0 radical (unpaired) electrons. The van der Waals surface area contributed by atoms with Gasteiger partial charge in [-0.3, -0.25) is 24.5 Å². The molecule has 0 spiro atoms. The summed E-state index contributed by atoms with van der Waals surface area (Å²) in [5, 5.41) is 31.9. The third-order valence-electron chi connectivity index (χ3n) is 4.67. The van der Waals surface area contributed by atoms with E-state index in [9.17, 15) is 24.9 Å². The van der Waals surface area contributed by atoms with E-state index in [2.05, 4.69) is 36.2 Å². The number of nitrogens with one attached hydrogen (secondary N) is 2. The number of amides is 1. The Labute approximate surface area is 182 Å². The standard InChI is InChI=1S/C18H18BrN5O7/c19-8-1-3-9(4-2-8)30-6-11(26)21-18-22-15-12(16(29)23-18)20-7-24(15)17-14(28)13(27)10(5-25)31-17/h1-4,7,10,13-14,17,25,27-28H,5-6H2,(H2,21,22,23,26,29)/t10-,13+,14-,17+/m0/s1. The number of rotatable bonds is 6. The summed E-state index contributed by atoms with van der Waals surface area (Å²) in [4.78, 5) is 35.1. The Morgan fingerprint density at radius 2 is 2.03 bits per heavy atom. The molecule has 1 amide bonds. The van der Waals surface area contributed by atoms with Gasteiger partial charge in [0.05, 0.1) is 12.9 Å². The number of aliphatic hydroxyl groups excluding tert-OH is 3. The summed E-state index contributed by atoms with van der Waals surface area (Å²) in [7, 11) is 0. The average molecular weight is 496 g/mol. The molecule has 0 bridgehead atoms. The zero-order valence-electron chi connectivity index (χ0n) is 15.8. The molecule has 1 aromatic carbocycles. The van der Waals surface area contributed by atoms with Crippen LogP contribution in [0.15, 0.2) is 39.9 Å². The fourth-order valence-corrected chi connectivity index (χ4v) is 3.39. The van der Waals surface area contributed by atoms with Crippen molar-refractivity contribution in [1.82, 2.24) is 19.5 Å². The number of carbonyl (C=O) groups excluding carboxylic acids is 1. The highest BCUT2D eigenvalue weighted by Crippen LogP contribution is 2.30. The molecule has 0 saturated carbocycles. The highest BCUT2D eigenvalue weighted by molar-refractivity contribution is 9.10. The van der Waals surface area contributed by atoms with Crippen LogP contribution in [0.4, 0.5) is 5.95 Å². The molecule has 1 aliphatic rings. The van der Waals surface area contributed by atoms with E-state index in [4.69, 9.17) is 9.47 Å². The number of aromatic nitrogens is 4. The summed E-state index contributed by atoms with van der Waals surface area (Å²) < 4.78 is 13.0. The van der Waals surface area contributed by atoms with Crippen molar-refractivity contribution in [1.29, 1.82) is 0 Å². The number of nitrogens with zero attached hydrogens (tertiary/aromatic N) is 3. The van der Waals surface area contributed by atoms with E-state index in [-0.39, 0.29) is 23.7 Å². The average Bonchev–Trinajstić information content (AvgIpc) is 3.29. The van der Waals surface area contributed by atoms with Crippen LogP contribution in [-0.2, 0) is 9.53 Å². The number of imidazole rings is 1. The van der Waals surface area contributed by atoms with Gasteiger partial charge in [0.15, 0.2) is 24.0 Å². The van der Waals surface area contributed by atoms with Gasteiger partial charge in [0.25, 0.3) is 11.5 Å². The highest BCUT2D eigenvalue weighted by Gasteiger charge is 2.44. The number of hydrogen-bond acceptors (Lipinski definition) is 9. The molecule has 164 valence electrons. The SMILES string of the molecule is O=C(COc1ccc(Br)cc1)Nc1nc2c(ncn2[C@@H]2O[C@@H](CO)[C@@H](O)[C@@H]2O)c(=O)[nH]1. The second-order valence-electron chi connectivity index (χ2n) is 6.76. The maximum Gasteiger partial charge on any atom is 0.280 e. The van der Waals surface area contributed by atoms with Crippen molar-refractivity contribution in [2.24, 2.45) is 0 Å². The largest absolute Gasteiger partial charge is 0.484 e. The summed E-state index contributed by atoms with van der Waals surface area (Å²) in [6, 6.07) is 6.89. The number of halogens is 1. The molecule has 31 heavy (non-hydrogen) atoms. The molecule has 13 heteroatoms. The first-order valence-corrected chi connectivity index (χ1v) is 9.94. The van der Waals surface area contributed by atoms with E-state index >= 15 is 0 Å². The minimum atomic E-state index is -1.38. The summed E-state index contributed by atoms with van der Waals surface area (Å²) in [5.41, 5.74) is -0.663. The second kappa shape index (κ2) is 8.72. The number of benzene rings is 1. The van der Waals surface area contributed by atoms with Crippen LogP contribution in [0.2, 0.25) is 0 Å². The van der Waals surface area contributed by atoms with Crippen molar-refractivity contribution in [2.45, 2.75) is 24.5 Å². The highest BCUT2D eigenvalue weighted by atomic mass is 79.9. The van der Waals surface area contributed by atoms with Crippen molar-refractivity contribution >= 4 is 38.9 Å². The maximum absolute atomic E-state index is 12.3. The molecule has 4 atom stereocenters. The van der Waals surface area contributed by atoms with Crippen molar-refractivity contribution in [3.63, 3.8) is 0 Å². The van der Waals surface area contributed by atoms with Gasteiger partial charge in [-0.1, -0.05) is 15.9 Å². The number of H-pyrrole nitrogens is 1. The van der Waals surface area contributed by atoms with E-state index in [0.29, 0.717) is 5.75 Å². The molecule has 4 rings (SSSR count). The first kappa shape index (κ1) is 21.4. The van der Waals surface area contributed by atoms with Crippen LogP contribution in [-0.4, -0.2) is 72.3 Å². The minimum absolute atomic E-state index is 0.0164. The molecule has 3 heterocycles. The van der Waals surface area contributed by atoms with Crippen LogP contribution in [0.25, 0.3) is 11.2 Å². The number of carbonyl (C=O) groups is 1. The van der Waals surface area contributed by atoms with Gasteiger partial charge in [-0.15, -0.1) is 0 Å². The van der Waals surface area contributed by atoms with Crippen molar-refractivity contribution in [3.05, 3.63) is 45.4 Å². The van der Waals surface area contributed by atoms with E-state index < -0.39 is 42.6 Å². The lowest BCUT2D eigenvalue weighted by Gasteiger charge is -2.16. The van der Waals surface area contributed by atoms with E-state index in [1.165, 1.54) is 10.9 Å². The third kappa shape index (κ3) is 4.31. The number of ether oxygens (including phenoxy) is 2. The normalized spacial score (nSPS) is 23.2. The molecule has 12 nitrogen and oxygen atoms in total. The molecule has 1 saturated heterocycles. The zero-order chi connectivity index (χ0) is 22.1. The van der Waals surface area contributed by atoms with Crippen molar-refractivity contribution in [3.8, 4) is 5.75 Å². The van der Waals surface area contributed by atoms with Crippen LogP contribution < -0.4 is 15.6 Å². The number of anilines is 1. The monoisotopic (exact) mass is 495 g/mol. The summed E-state index contributed by atoms with van der Waals surface area (Å²) in [6.45, 7) is -0.827. The Morgan fingerprint density at radius 1 is 1.29 bits per heavy atom. The van der Waals surface area contributed by atoms with Crippen LogP contribution >= 0.6 is 15.9 Å². The molecule has 2 aromatic heterocycles. The Morgan fingerprint density at radius 3 is 2.71 bits per heavy atom. The van der Waals surface area contributed by atoms with Gasteiger partial charge in [-0.05, 0) is 24.3 Å². The predicted octanol–water partition coefficient (Wildman–Crippen LogP) is -0.489. The summed E-state index contributed by atoms with van der Waals surface area (Å²) in [6.07, 6.45) is -3.63. The fourth-order valence-electron chi connectivity index (χ4n) is 3.13. The van der Waals surface area contributed by atoms with Crippen molar-refractivity contribution < 1.29 is 29.6 Å². The van der Waals surface area contributed by atoms with E-state index in [1.807, 2.05) is 0 Å². The molecule has 1 fully saturated rings.